The van der Waals surface area contributed by atoms with Gasteiger partial charge in [-0.3, -0.25) is 13.9 Å². The van der Waals surface area contributed by atoms with Gasteiger partial charge < -0.3 is 14.6 Å². The largest absolute Gasteiger partial charge is 0.548 e. The molecule has 0 aliphatic carbocycles. The molecule has 3 heterocycles. The number of carboxylic acids is 1. The Kier molecular flexibility index (Phi) is 3.26. The second-order valence-electron chi connectivity index (χ2n) is 6.01. The minimum atomic E-state index is -1.47. The van der Waals surface area contributed by atoms with Crippen molar-refractivity contribution in [1.29, 1.82) is 0 Å². The lowest BCUT2D eigenvalue weighted by Crippen LogP contribution is -2.43. The maximum atomic E-state index is 12.6. The number of hydrogen-bond acceptors (Lipinski definition) is 6. The number of fused-ring (bicyclic) bond motifs is 3. The third kappa shape index (κ3) is 2.19. The van der Waals surface area contributed by atoms with Gasteiger partial charge in [0, 0.05) is 18.3 Å². The maximum Gasteiger partial charge on any atom is 0.332 e. The molecule has 0 atom stereocenters. The predicted octanol–water partition coefficient (Wildman–Crippen LogP) is -0.637. The molecule has 0 aromatic carbocycles. The fourth-order valence-corrected chi connectivity index (χ4v) is 3.93. The highest BCUT2D eigenvalue weighted by Gasteiger charge is 2.31. The summed E-state index contributed by atoms with van der Waals surface area (Å²) < 4.78 is 7.77. The van der Waals surface area contributed by atoms with Crippen LogP contribution < -0.4 is 16.4 Å². The Hall–Kier alpha value is -1.93. The molecule has 8 heteroatoms. The van der Waals surface area contributed by atoms with Crippen LogP contribution in [0.3, 0.4) is 0 Å². The van der Waals surface area contributed by atoms with Crippen molar-refractivity contribution in [3.63, 3.8) is 0 Å². The average molecular weight is 323 g/mol. The van der Waals surface area contributed by atoms with Crippen LogP contribution in [0.5, 0.6) is 0 Å². The van der Waals surface area contributed by atoms with E-state index in [2.05, 4.69) is 0 Å². The van der Waals surface area contributed by atoms with E-state index in [1.54, 1.807) is 0 Å². The highest BCUT2D eigenvalue weighted by molar-refractivity contribution is 7.18. The van der Waals surface area contributed by atoms with Crippen molar-refractivity contribution in [3.8, 4) is 0 Å². The van der Waals surface area contributed by atoms with Crippen LogP contribution in [0.15, 0.2) is 9.59 Å². The molecule has 0 radical (unpaired) electrons. The normalized spacial score (nSPS) is 16.7. The molecule has 0 N–H and O–H groups in total. The second-order valence-corrected chi connectivity index (χ2v) is 7.10. The molecular formula is C14H15N2O5S-. The summed E-state index contributed by atoms with van der Waals surface area (Å²) in [6.07, 6.45) is 0.543. The van der Waals surface area contributed by atoms with Crippen LogP contribution in [-0.2, 0) is 36.2 Å². The zero-order valence-electron chi connectivity index (χ0n) is 12.5. The zero-order chi connectivity index (χ0) is 16.2. The molecule has 0 bridgehead atoms. The highest BCUT2D eigenvalue weighted by atomic mass is 32.1. The third-order valence-electron chi connectivity index (χ3n) is 3.84. The zero-order valence-corrected chi connectivity index (χ0v) is 13.3. The smallest absolute Gasteiger partial charge is 0.332 e. The van der Waals surface area contributed by atoms with E-state index in [1.165, 1.54) is 23.0 Å². The van der Waals surface area contributed by atoms with Gasteiger partial charge in [-0.25, -0.2) is 4.79 Å². The second kappa shape index (κ2) is 4.79. The lowest BCUT2D eigenvalue weighted by molar-refractivity contribution is -0.306. The van der Waals surface area contributed by atoms with Crippen LogP contribution in [0.4, 0.5) is 0 Å². The van der Waals surface area contributed by atoms with Gasteiger partial charge >= 0.3 is 5.69 Å². The monoisotopic (exact) mass is 323 g/mol. The van der Waals surface area contributed by atoms with Gasteiger partial charge in [0.1, 0.15) is 4.83 Å². The van der Waals surface area contributed by atoms with Crippen molar-refractivity contribution >= 4 is 27.5 Å². The van der Waals surface area contributed by atoms with Crippen molar-refractivity contribution in [2.45, 2.75) is 39.0 Å². The number of nitrogens with zero attached hydrogens (tertiary/aromatic N) is 2. The number of aryl methyl sites for hydroxylation is 1. The molecule has 7 nitrogen and oxygen atoms in total. The first kappa shape index (κ1) is 15.0. The average Bonchev–Trinajstić information content (AvgIpc) is 2.78. The fraction of sp³-hybridized carbons (Fsp3) is 0.500. The summed E-state index contributed by atoms with van der Waals surface area (Å²) in [5, 5.41) is 11.2. The van der Waals surface area contributed by atoms with E-state index in [0.29, 0.717) is 27.8 Å². The molecule has 22 heavy (non-hydrogen) atoms. The predicted molar refractivity (Wildman–Crippen MR) is 78.9 cm³/mol. The third-order valence-corrected chi connectivity index (χ3v) is 5.12. The summed E-state index contributed by atoms with van der Waals surface area (Å²) in [6.45, 7) is 3.50. The van der Waals surface area contributed by atoms with E-state index in [9.17, 15) is 19.5 Å². The number of aliphatic carboxylic acids is 1. The van der Waals surface area contributed by atoms with Gasteiger partial charge in [0.2, 0.25) is 0 Å². The van der Waals surface area contributed by atoms with E-state index >= 15 is 0 Å². The van der Waals surface area contributed by atoms with E-state index in [4.69, 9.17) is 4.74 Å². The van der Waals surface area contributed by atoms with Crippen molar-refractivity contribution < 1.29 is 14.6 Å². The molecule has 2 aromatic heterocycles. The number of thiophene rings is 1. The molecule has 0 saturated carbocycles. The van der Waals surface area contributed by atoms with Crippen LogP contribution in [0.25, 0.3) is 10.2 Å². The minimum absolute atomic E-state index is 0.385. The molecule has 0 fully saturated rings. The number of carboxylic acid groups (broad SMARTS) is 1. The molecule has 0 saturated heterocycles. The number of carbonyl (C=O) groups is 1. The SMILES string of the molecule is Cn1c(=O)n(CC(=O)[O-])c(=O)c2c3c(sc21)COC(C)(C)C3. The van der Waals surface area contributed by atoms with E-state index in [1.807, 2.05) is 13.8 Å². The Morgan fingerprint density at radius 2 is 2.09 bits per heavy atom. The molecule has 3 rings (SSSR count). The number of aromatic nitrogens is 2. The van der Waals surface area contributed by atoms with Crippen LogP contribution in [0.2, 0.25) is 0 Å². The molecule has 1 aliphatic heterocycles. The maximum absolute atomic E-state index is 12.6. The van der Waals surface area contributed by atoms with E-state index < -0.39 is 29.4 Å². The molecule has 0 amide bonds. The van der Waals surface area contributed by atoms with E-state index in [-0.39, 0.29) is 0 Å². The molecule has 118 valence electrons. The Morgan fingerprint density at radius 1 is 1.41 bits per heavy atom. The number of carbonyl (C=O) groups excluding carboxylic acids is 1. The quantitative estimate of drug-likeness (QED) is 0.733. The summed E-state index contributed by atoms with van der Waals surface area (Å²) >= 11 is 1.34. The Bertz CT molecular complexity index is 903. The number of ether oxygens (including phenoxy) is 1. The first-order chi connectivity index (χ1) is 10.2. The Labute approximate surface area is 129 Å². The molecule has 0 spiro atoms. The minimum Gasteiger partial charge on any atom is -0.548 e. The van der Waals surface area contributed by atoms with Crippen molar-refractivity contribution in [2.75, 3.05) is 0 Å². The van der Waals surface area contributed by atoms with E-state index in [0.717, 1.165) is 10.4 Å². The summed E-state index contributed by atoms with van der Waals surface area (Å²) in [5.41, 5.74) is -0.775. The fourth-order valence-electron chi connectivity index (χ4n) is 2.75. The van der Waals surface area contributed by atoms with Gasteiger partial charge in [-0.1, -0.05) is 0 Å². The van der Waals surface area contributed by atoms with Crippen LogP contribution >= 0.6 is 11.3 Å². The lowest BCUT2D eigenvalue weighted by atomic mass is 9.94. The van der Waals surface area contributed by atoms with Crippen molar-refractivity contribution in [2.24, 2.45) is 7.05 Å². The van der Waals surface area contributed by atoms with Crippen LogP contribution in [0.1, 0.15) is 24.3 Å². The van der Waals surface area contributed by atoms with Gasteiger partial charge in [-0.15, -0.1) is 11.3 Å². The Balaban J connectivity index is 2.37. The van der Waals surface area contributed by atoms with Crippen LogP contribution in [0, 0.1) is 0 Å². The summed E-state index contributed by atoms with van der Waals surface area (Å²) in [6, 6.07) is 0. The Morgan fingerprint density at radius 3 is 2.73 bits per heavy atom. The van der Waals surface area contributed by atoms with Gasteiger partial charge in [0.05, 0.1) is 30.1 Å². The van der Waals surface area contributed by atoms with Gasteiger partial charge in [0.25, 0.3) is 5.56 Å². The summed E-state index contributed by atoms with van der Waals surface area (Å²) in [5.74, 6) is -1.47. The van der Waals surface area contributed by atoms with Crippen molar-refractivity contribution in [1.82, 2.24) is 9.13 Å². The first-order valence-corrected chi connectivity index (χ1v) is 7.61. The van der Waals surface area contributed by atoms with Crippen molar-refractivity contribution in [3.05, 3.63) is 31.3 Å². The highest BCUT2D eigenvalue weighted by Crippen LogP contribution is 2.36. The van der Waals surface area contributed by atoms with Gasteiger partial charge in [-0.05, 0) is 19.4 Å². The molecular weight excluding hydrogens is 308 g/mol. The topological polar surface area (TPSA) is 93.4 Å². The summed E-state index contributed by atoms with van der Waals surface area (Å²) in [4.78, 5) is 37.1. The summed E-state index contributed by atoms with van der Waals surface area (Å²) in [7, 11) is 1.53. The van der Waals surface area contributed by atoms with Gasteiger partial charge in [0.15, 0.2) is 0 Å². The van der Waals surface area contributed by atoms with Gasteiger partial charge in [-0.2, -0.15) is 0 Å². The lowest BCUT2D eigenvalue weighted by Gasteiger charge is -2.29. The van der Waals surface area contributed by atoms with Crippen LogP contribution in [-0.4, -0.2) is 20.7 Å². The number of hydrogen-bond donors (Lipinski definition) is 0. The standard InChI is InChI=1S/C14H16N2O5S/c1-14(2)4-7-8(6-21-14)22-12-10(7)11(19)16(5-9(17)18)13(20)15(12)3/h4-6H2,1-3H3,(H,17,18)/p-1. The first-order valence-electron chi connectivity index (χ1n) is 6.79. The molecule has 2 aromatic rings. The molecule has 0 unspecified atom stereocenters. The number of rotatable bonds is 2. The molecule has 1 aliphatic rings.